The molecule has 5 nitrogen and oxygen atoms in total. The zero-order chi connectivity index (χ0) is 13.5. The lowest BCUT2D eigenvalue weighted by atomic mass is 9.95. The minimum atomic E-state index is -5.59. The second kappa shape index (κ2) is 4.13. The molecule has 1 unspecified atom stereocenters. The predicted molar refractivity (Wildman–Crippen MR) is 51.6 cm³/mol. The molecule has 0 aliphatic carbocycles. The Morgan fingerprint density at radius 3 is 2.35 bits per heavy atom. The van der Waals surface area contributed by atoms with E-state index in [1.807, 2.05) is 0 Å². The van der Waals surface area contributed by atoms with Crippen molar-refractivity contribution < 1.29 is 31.5 Å². The number of hydrogen-bond acceptors (Lipinski definition) is 3. The van der Waals surface area contributed by atoms with Gasteiger partial charge < -0.3 is 5.11 Å². The molecule has 0 bridgehead atoms. The Labute approximate surface area is 96.3 Å². The number of aliphatic carboxylic acids is 1. The molecule has 1 atom stereocenters. The van der Waals surface area contributed by atoms with Crippen molar-refractivity contribution in [1.29, 1.82) is 0 Å². The van der Waals surface area contributed by atoms with E-state index >= 15 is 0 Å². The van der Waals surface area contributed by atoms with E-state index in [1.165, 1.54) is 6.92 Å². The van der Waals surface area contributed by atoms with Crippen molar-refractivity contribution in [2.45, 2.75) is 37.2 Å². The van der Waals surface area contributed by atoms with Crippen LogP contribution in [0.25, 0.3) is 0 Å². The van der Waals surface area contributed by atoms with Crippen LogP contribution in [0.15, 0.2) is 0 Å². The van der Waals surface area contributed by atoms with E-state index in [1.54, 1.807) is 0 Å². The van der Waals surface area contributed by atoms with Crippen molar-refractivity contribution in [3.8, 4) is 0 Å². The van der Waals surface area contributed by atoms with E-state index < -0.39 is 33.6 Å². The number of rotatable bonds is 3. The maximum absolute atomic E-state index is 12.4. The summed E-state index contributed by atoms with van der Waals surface area (Å²) >= 11 is 0. The van der Waals surface area contributed by atoms with Crippen LogP contribution in [-0.4, -0.2) is 41.4 Å². The van der Waals surface area contributed by atoms with Crippen LogP contribution in [0.4, 0.5) is 13.2 Å². The Kier molecular flexibility index (Phi) is 3.45. The van der Waals surface area contributed by atoms with E-state index in [0.717, 1.165) is 0 Å². The van der Waals surface area contributed by atoms with Crippen molar-refractivity contribution in [2.75, 3.05) is 6.54 Å². The van der Waals surface area contributed by atoms with E-state index in [0.29, 0.717) is 0 Å². The first-order chi connectivity index (χ1) is 7.59. The normalized spacial score (nSPS) is 27.3. The van der Waals surface area contributed by atoms with Crippen molar-refractivity contribution in [2.24, 2.45) is 0 Å². The average Bonchev–Trinajstić information content (AvgIpc) is 2.60. The molecule has 17 heavy (non-hydrogen) atoms. The highest BCUT2D eigenvalue weighted by Gasteiger charge is 2.60. The summed E-state index contributed by atoms with van der Waals surface area (Å²) in [6, 6.07) is 0. The maximum atomic E-state index is 12.4. The highest BCUT2D eigenvalue weighted by Crippen LogP contribution is 2.40. The predicted octanol–water partition coefficient (Wildman–Crippen LogP) is 1.17. The van der Waals surface area contributed by atoms with Gasteiger partial charge >= 0.3 is 21.5 Å². The SMILES string of the molecule is CCC1(C(=O)O)CCCN1S(=O)(=O)C(F)(F)F. The minimum Gasteiger partial charge on any atom is -0.480 e. The summed E-state index contributed by atoms with van der Waals surface area (Å²) in [4.78, 5) is 11.1. The molecule has 0 amide bonds. The van der Waals surface area contributed by atoms with Gasteiger partial charge in [-0.05, 0) is 19.3 Å². The number of nitrogens with zero attached hydrogens (tertiary/aromatic N) is 1. The fraction of sp³-hybridized carbons (Fsp3) is 0.875. The van der Waals surface area contributed by atoms with Gasteiger partial charge in [0.1, 0.15) is 5.54 Å². The Hall–Kier alpha value is -0.830. The molecule has 1 rings (SSSR count). The second-order valence-electron chi connectivity index (χ2n) is 3.82. The van der Waals surface area contributed by atoms with E-state index in [9.17, 15) is 26.4 Å². The molecule has 100 valence electrons. The third-order valence-electron chi connectivity index (χ3n) is 2.99. The van der Waals surface area contributed by atoms with Gasteiger partial charge in [0.15, 0.2) is 0 Å². The van der Waals surface area contributed by atoms with Crippen LogP contribution >= 0.6 is 0 Å². The third kappa shape index (κ3) is 2.01. The largest absolute Gasteiger partial charge is 0.511 e. The summed E-state index contributed by atoms with van der Waals surface area (Å²) in [5, 5.41) is 8.99. The first kappa shape index (κ1) is 14.2. The highest BCUT2D eigenvalue weighted by atomic mass is 32.2. The molecule has 0 aromatic carbocycles. The molecule has 1 aliphatic rings. The molecule has 1 saturated heterocycles. The van der Waals surface area contributed by atoms with E-state index in [2.05, 4.69) is 0 Å². The number of alkyl halides is 3. The first-order valence-corrected chi connectivity index (χ1v) is 6.36. The summed E-state index contributed by atoms with van der Waals surface area (Å²) in [6.45, 7) is 0.945. The molecule has 1 fully saturated rings. The summed E-state index contributed by atoms with van der Waals surface area (Å²) in [5.74, 6) is -1.54. The second-order valence-corrected chi connectivity index (χ2v) is 5.67. The Morgan fingerprint density at radius 1 is 1.47 bits per heavy atom. The molecule has 0 aromatic rings. The third-order valence-corrected chi connectivity index (χ3v) is 4.69. The Balaban J connectivity index is 3.27. The number of carbonyl (C=O) groups is 1. The van der Waals surface area contributed by atoms with E-state index in [-0.39, 0.29) is 23.6 Å². The number of carboxylic acids is 1. The fourth-order valence-corrected chi connectivity index (χ4v) is 3.42. The van der Waals surface area contributed by atoms with Crippen molar-refractivity contribution >= 4 is 16.0 Å². The molecule has 1 heterocycles. The van der Waals surface area contributed by atoms with Crippen molar-refractivity contribution in [3.05, 3.63) is 0 Å². The van der Waals surface area contributed by atoms with Gasteiger partial charge in [-0.3, -0.25) is 4.79 Å². The van der Waals surface area contributed by atoms with E-state index in [4.69, 9.17) is 5.11 Å². The van der Waals surface area contributed by atoms with Crippen LogP contribution in [0, 0.1) is 0 Å². The molecule has 1 N–H and O–H groups in total. The monoisotopic (exact) mass is 275 g/mol. The van der Waals surface area contributed by atoms with Crippen LogP contribution in [0.5, 0.6) is 0 Å². The quantitative estimate of drug-likeness (QED) is 0.838. The van der Waals surface area contributed by atoms with Gasteiger partial charge in [0.25, 0.3) is 0 Å². The van der Waals surface area contributed by atoms with Crippen LogP contribution in [0.2, 0.25) is 0 Å². The van der Waals surface area contributed by atoms with Crippen molar-refractivity contribution in [3.63, 3.8) is 0 Å². The lowest BCUT2D eigenvalue weighted by Gasteiger charge is -2.33. The van der Waals surface area contributed by atoms with Gasteiger partial charge in [0, 0.05) is 6.54 Å². The molecule has 9 heteroatoms. The lowest BCUT2D eigenvalue weighted by molar-refractivity contribution is -0.147. The highest BCUT2D eigenvalue weighted by molar-refractivity contribution is 7.90. The smallest absolute Gasteiger partial charge is 0.480 e. The molecule has 0 radical (unpaired) electrons. The van der Waals surface area contributed by atoms with Crippen molar-refractivity contribution in [1.82, 2.24) is 4.31 Å². The molecular weight excluding hydrogens is 263 g/mol. The topological polar surface area (TPSA) is 74.7 Å². The van der Waals surface area contributed by atoms with Gasteiger partial charge in [-0.1, -0.05) is 6.92 Å². The van der Waals surface area contributed by atoms with Crippen LogP contribution in [0.1, 0.15) is 26.2 Å². The summed E-state index contributed by atoms with van der Waals surface area (Å²) in [6.07, 6.45) is -0.193. The summed E-state index contributed by atoms with van der Waals surface area (Å²) in [5.41, 5.74) is -7.43. The van der Waals surface area contributed by atoms with Gasteiger partial charge in [0.2, 0.25) is 0 Å². The average molecular weight is 275 g/mol. The zero-order valence-corrected chi connectivity index (χ0v) is 9.81. The van der Waals surface area contributed by atoms with Gasteiger partial charge in [0.05, 0.1) is 0 Å². The Bertz CT molecular complexity index is 419. The lowest BCUT2D eigenvalue weighted by Crippen LogP contribution is -2.55. The van der Waals surface area contributed by atoms with Crippen LogP contribution in [0.3, 0.4) is 0 Å². The van der Waals surface area contributed by atoms with Gasteiger partial charge in [-0.25, -0.2) is 8.42 Å². The Morgan fingerprint density at radius 2 is 2.00 bits per heavy atom. The van der Waals surface area contributed by atoms with Gasteiger partial charge in [-0.15, -0.1) is 0 Å². The minimum absolute atomic E-state index is 0.0718. The molecule has 0 saturated carbocycles. The number of carboxylic acid groups (broad SMARTS) is 1. The molecule has 1 aliphatic heterocycles. The molecule has 0 spiro atoms. The number of halogens is 3. The first-order valence-electron chi connectivity index (χ1n) is 4.92. The standard InChI is InChI=1S/C8H12F3NO4S/c1-2-7(6(13)14)4-3-5-12(7)17(15,16)8(9,10)11/h2-5H2,1H3,(H,13,14). The molecular formula is C8H12F3NO4S. The fourth-order valence-electron chi connectivity index (χ4n) is 2.05. The number of sulfonamides is 1. The van der Waals surface area contributed by atoms with Gasteiger partial charge in [-0.2, -0.15) is 17.5 Å². The summed E-state index contributed by atoms with van der Waals surface area (Å²) < 4.78 is 59.8. The van der Waals surface area contributed by atoms with Crippen LogP contribution < -0.4 is 0 Å². The molecule has 0 aromatic heterocycles. The summed E-state index contributed by atoms with van der Waals surface area (Å²) in [7, 11) is -5.59. The zero-order valence-electron chi connectivity index (χ0n) is 8.99. The number of hydrogen-bond donors (Lipinski definition) is 1. The van der Waals surface area contributed by atoms with Crippen LogP contribution in [-0.2, 0) is 14.8 Å². The maximum Gasteiger partial charge on any atom is 0.511 e.